The van der Waals surface area contributed by atoms with Gasteiger partial charge in [0.1, 0.15) is 5.69 Å². The minimum absolute atomic E-state index is 0.0519. The van der Waals surface area contributed by atoms with E-state index in [-0.39, 0.29) is 22.4 Å². The molecule has 0 radical (unpaired) electrons. The summed E-state index contributed by atoms with van der Waals surface area (Å²) >= 11 is 0. The van der Waals surface area contributed by atoms with Crippen molar-refractivity contribution in [2.75, 3.05) is 31.1 Å². The number of benzene rings is 1. The molecule has 0 spiro atoms. The van der Waals surface area contributed by atoms with Crippen LogP contribution in [-0.4, -0.2) is 41.9 Å². The molecular weight excluding hydrogens is 306 g/mol. The molecule has 0 aliphatic carbocycles. The Morgan fingerprint density at radius 1 is 1.25 bits per heavy atom. The maximum atomic E-state index is 12.6. The van der Waals surface area contributed by atoms with Crippen molar-refractivity contribution in [2.45, 2.75) is 12.8 Å². The third-order valence-corrected chi connectivity index (χ3v) is 4.27. The number of nitrogens with zero attached hydrogens (tertiary/aromatic N) is 3. The van der Waals surface area contributed by atoms with E-state index in [9.17, 15) is 14.9 Å². The first-order chi connectivity index (χ1) is 11.6. The fraction of sp³-hybridized carbons (Fsp3) is 0.389. The Morgan fingerprint density at radius 3 is 2.38 bits per heavy atom. The number of piperidine rings is 1. The van der Waals surface area contributed by atoms with E-state index in [4.69, 9.17) is 0 Å². The van der Waals surface area contributed by atoms with Crippen LogP contribution in [0, 0.1) is 16.0 Å². The van der Waals surface area contributed by atoms with Crippen molar-refractivity contribution in [1.29, 1.82) is 0 Å². The lowest BCUT2D eigenvalue weighted by Gasteiger charge is -2.34. The molecule has 0 bridgehead atoms. The fourth-order valence-corrected chi connectivity index (χ4v) is 3.08. The maximum Gasteiger partial charge on any atom is 0.292 e. The van der Waals surface area contributed by atoms with Crippen LogP contribution in [0.5, 0.6) is 0 Å². The molecule has 1 amide bonds. The van der Waals surface area contributed by atoms with E-state index in [2.05, 4.69) is 13.2 Å². The largest absolute Gasteiger partial charge is 0.366 e. The topological polar surface area (TPSA) is 66.7 Å². The molecule has 0 atom stereocenters. The molecule has 1 heterocycles. The number of nitro benzene ring substituents is 1. The number of nitro groups is 1. The molecule has 1 aliphatic rings. The van der Waals surface area contributed by atoms with Gasteiger partial charge in [0.05, 0.1) is 4.92 Å². The number of rotatable bonds is 7. The number of para-hydroxylation sites is 2. The van der Waals surface area contributed by atoms with Gasteiger partial charge in [-0.15, -0.1) is 13.2 Å². The second kappa shape index (κ2) is 8.29. The smallest absolute Gasteiger partial charge is 0.292 e. The van der Waals surface area contributed by atoms with Crippen LogP contribution in [0.25, 0.3) is 0 Å². The molecular formula is C18H23N3O3. The van der Waals surface area contributed by atoms with Crippen molar-refractivity contribution in [3.63, 3.8) is 0 Å². The van der Waals surface area contributed by atoms with Gasteiger partial charge >= 0.3 is 0 Å². The number of amides is 1. The fourth-order valence-electron chi connectivity index (χ4n) is 3.08. The zero-order chi connectivity index (χ0) is 17.5. The third kappa shape index (κ3) is 4.01. The van der Waals surface area contributed by atoms with Crippen LogP contribution in [0.2, 0.25) is 0 Å². The molecule has 1 fully saturated rings. The zero-order valence-electron chi connectivity index (χ0n) is 13.8. The minimum atomic E-state index is -0.359. The Balaban J connectivity index is 2.03. The summed E-state index contributed by atoms with van der Waals surface area (Å²) in [7, 11) is 0. The highest BCUT2D eigenvalue weighted by Gasteiger charge is 2.29. The Labute approximate surface area is 142 Å². The molecule has 2 rings (SSSR count). The highest BCUT2D eigenvalue weighted by Crippen LogP contribution is 2.31. The van der Waals surface area contributed by atoms with Gasteiger partial charge in [0, 0.05) is 38.2 Å². The SMILES string of the molecule is C=CCN(CC=C)C(=O)C1CCN(c2ccccc2[N+](=O)[O-])CC1. The summed E-state index contributed by atoms with van der Waals surface area (Å²) in [6.45, 7) is 9.67. The second-order valence-corrected chi connectivity index (χ2v) is 5.83. The van der Waals surface area contributed by atoms with Gasteiger partial charge in [-0.3, -0.25) is 14.9 Å². The zero-order valence-corrected chi connectivity index (χ0v) is 13.8. The van der Waals surface area contributed by atoms with E-state index < -0.39 is 0 Å². The van der Waals surface area contributed by atoms with Crippen molar-refractivity contribution in [1.82, 2.24) is 4.90 Å². The quantitative estimate of drug-likeness (QED) is 0.438. The predicted molar refractivity (Wildman–Crippen MR) is 95.0 cm³/mol. The Morgan fingerprint density at radius 2 is 1.83 bits per heavy atom. The Bertz CT molecular complexity index is 612. The minimum Gasteiger partial charge on any atom is -0.366 e. The van der Waals surface area contributed by atoms with Crippen molar-refractivity contribution in [2.24, 2.45) is 5.92 Å². The third-order valence-electron chi connectivity index (χ3n) is 4.27. The standard InChI is InChI=1S/C18H23N3O3/c1-3-11-20(12-4-2)18(22)15-9-13-19(14-10-15)16-7-5-6-8-17(16)21(23)24/h3-8,15H,1-2,9-14H2. The maximum absolute atomic E-state index is 12.6. The first kappa shape index (κ1) is 17.7. The van der Waals surface area contributed by atoms with E-state index in [1.165, 1.54) is 6.07 Å². The Kier molecular flexibility index (Phi) is 6.12. The first-order valence-corrected chi connectivity index (χ1v) is 8.07. The average Bonchev–Trinajstić information content (AvgIpc) is 2.61. The number of hydrogen-bond donors (Lipinski definition) is 0. The summed E-state index contributed by atoms with van der Waals surface area (Å²) in [6.07, 6.45) is 4.80. The summed E-state index contributed by atoms with van der Waals surface area (Å²) in [4.78, 5) is 27.1. The lowest BCUT2D eigenvalue weighted by atomic mass is 9.94. The van der Waals surface area contributed by atoms with Gasteiger partial charge in [-0.2, -0.15) is 0 Å². The molecule has 0 aromatic heterocycles. The highest BCUT2D eigenvalue weighted by atomic mass is 16.6. The molecule has 1 aliphatic heterocycles. The number of hydrogen-bond acceptors (Lipinski definition) is 4. The molecule has 1 aromatic rings. The van der Waals surface area contributed by atoms with Crippen molar-refractivity contribution in [3.8, 4) is 0 Å². The van der Waals surface area contributed by atoms with Gasteiger partial charge in [0.25, 0.3) is 5.69 Å². The van der Waals surface area contributed by atoms with Crippen LogP contribution >= 0.6 is 0 Å². The van der Waals surface area contributed by atoms with Crippen LogP contribution in [0.1, 0.15) is 12.8 Å². The summed E-state index contributed by atoms with van der Waals surface area (Å²) in [5.74, 6) is 0.0564. The van der Waals surface area contributed by atoms with Gasteiger partial charge in [-0.05, 0) is 18.9 Å². The number of carbonyl (C=O) groups excluding carboxylic acids is 1. The molecule has 1 aromatic carbocycles. The van der Waals surface area contributed by atoms with Crippen molar-refractivity contribution in [3.05, 3.63) is 59.7 Å². The lowest BCUT2D eigenvalue weighted by Crippen LogP contribution is -2.43. The van der Waals surface area contributed by atoms with E-state index >= 15 is 0 Å². The van der Waals surface area contributed by atoms with Crippen LogP contribution in [-0.2, 0) is 4.79 Å². The van der Waals surface area contributed by atoms with E-state index in [0.29, 0.717) is 44.7 Å². The molecule has 0 unspecified atom stereocenters. The summed E-state index contributed by atoms with van der Waals surface area (Å²) in [5, 5.41) is 11.2. The Hall–Kier alpha value is -2.63. The van der Waals surface area contributed by atoms with Crippen LogP contribution < -0.4 is 4.90 Å². The summed E-state index contributed by atoms with van der Waals surface area (Å²) in [6, 6.07) is 6.75. The summed E-state index contributed by atoms with van der Waals surface area (Å²) in [5.41, 5.74) is 0.740. The number of anilines is 1. The molecule has 1 saturated heterocycles. The van der Waals surface area contributed by atoms with Crippen LogP contribution in [0.15, 0.2) is 49.6 Å². The summed E-state index contributed by atoms with van der Waals surface area (Å²) < 4.78 is 0. The molecule has 6 nitrogen and oxygen atoms in total. The first-order valence-electron chi connectivity index (χ1n) is 8.07. The van der Waals surface area contributed by atoms with Gasteiger partial charge in [0.15, 0.2) is 0 Å². The lowest BCUT2D eigenvalue weighted by molar-refractivity contribution is -0.384. The van der Waals surface area contributed by atoms with Gasteiger partial charge < -0.3 is 9.80 Å². The van der Waals surface area contributed by atoms with Gasteiger partial charge in [-0.1, -0.05) is 24.3 Å². The molecule has 24 heavy (non-hydrogen) atoms. The van der Waals surface area contributed by atoms with E-state index in [0.717, 1.165) is 0 Å². The molecule has 6 heteroatoms. The average molecular weight is 329 g/mol. The van der Waals surface area contributed by atoms with E-state index in [1.807, 2.05) is 4.90 Å². The molecule has 0 saturated carbocycles. The van der Waals surface area contributed by atoms with Crippen LogP contribution in [0.4, 0.5) is 11.4 Å². The highest BCUT2D eigenvalue weighted by molar-refractivity contribution is 5.79. The number of carbonyl (C=O) groups is 1. The van der Waals surface area contributed by atoms with Crippen molar-refractivity contribution >= 4 is 17.3 Å². The molecule has 0 N–H and O–H groups in total. The van der Waals surface area contributed by atoms with E-state index in [1.54, 1.807) is 35.3 Å². The second-order valence-electron chi connectivity index (χ2n) is 5.83. The molecule has 128 valence electrons. The predicted octanol–water partition coefficient (Wildman–Crippen LogP) is 3.01. The normalized spacial score (nSPS) is 14.9. The monoisotopic (exact) mass is 329 g/mol. The van der Waals surface area contributed by atoms with Gasteiger partial charge in [0.2, 0.25) is 5.91 Å². The van der Waals surface area contributed by atoms with Gasteiger partial charge in [-0.25, -0.2) is 0 Å². The van der Waals surface area contributed by atoms with Crippen LogP contribution in [0.3, 0.4) is 0 Å². The van der Waals surface area contributed by atoms with Crippen molar-refractivity contribution < 1.29 is 9.72 Å².